The number of rotatable bonds is 4. The molecule has 17 heavy (non-hydrogen) atoms. The first-order chi connectivity index (χ1) is 8.16. The standard InChI is InChI=1S/C13H16N2O2/c1-10(16)11-3-5-12(6-4-11)17-9-13-14-7-8-15(13)2/h3-8,10,16H,9H2,1-2H3/t10-/m0/s1. The maximum Gasteiger partial charge on any atom is 0.146 e. The lowest BCUT2D eigenvalue weighted by Gasteiger charge is -2.08. The van der Waals surface area contributed by atoms with Gasteiger partial charge >= 0.3 is 0 Å². The molecule has 1 aromatic heterocycles. The van der Waals surface area contributed by atoms with Crippen LogP contribution in [0.2, 0.25) is 0 Å². The van der Waals surface area contributed by atoms with Crippen molar-refractivity contribution >= 4 is 0 Å². The van der Waals surface area contributed by atoms with Gasteiger partial charge in [-0.05, 0) is 24.6 Å². The van der Waals surface area contributed by atoms with Gasteiger partial charge in [-0.25, -0.2) is 4.98 Å². The van der Waals surface area contributed by atoms with Gasteiger partial charge < -0.3 is 14.4 Å². The molecule has 0 spiro atoms. The first kappa shape index (κ1) is 11.7. The Hall–Kier alpha value is -1.81. The Morgan fingerprint density at radius 3 is 2.59 bits per heavy atom. The number of ether oxygens (including phenoxy) is 1. The third-order valence-corrected chi connectivity index (χ3v) is 2.65. The second-order valence-electron chi connectivity index (χ2n) is 3.99. The van der Waals surface area contributed by atoms with Crippen LogP contribution in [0, 0.1) is 0 Å². The van der Waals surface area contributed by atoms with Crippen LogP contribution < -0.4 is 4.74 Å². The molecule has 90 valence electrons. The second-order valence-corrected chi connectivity index (χ2v) is 3.99. The van der Waals surface area contributed by atoms with Gasteiger partial charge in [-0.15, -0.1) is 0 Å². The number of hydrogen-bond acceptors (Lipinski definition) is 3. The van der Waals surface area contributed by atoms with Crippen molar-refractivity contribution in [1.82, 2.24) is 9.55 Å². The summed E-state index contributed by atoms with van der Waals surface area (Å²) in [6.07, 6.45) is 3.18. The van der Waals surface area contributed by atoms with Gasteiger partial charge in [0.2, 0.25) is 0 Å². The van der Waals surface area contributed by atoms with Crippen LogP contribution >= 0.6 is 0 Å². The summed E-state index contributed by atoms with van der Waals surface area (Å²) >= 11 is 0. The highest BCUT2D eigenvalue weighted by Gasteiger charge is 2.02. The smallest absolute Gasteiger partial charge is 0.146 e. The van der Waals surface area contributed by atoms with Gasteiger partial charge in [0.1, 0.15) is 18.2 Å². The van der Waals surface area contributed by atoms with E-state index >= 15 is 0 Å². The average Bonchev–Trinajstić information content (AvgIpc) is 2.73. The summed E-state index contributed by atoms with van der Waals surface area (Å²) < 4.78 is 7.52. The minimum Gasteiger partial charge on any atom is -0.486 e. The summed E-state index contributed by atoms with van der Waals surface area (Å²) in [6, 6.07) is 7.42. The van der Waals surface area contributed by atoms with E-state index in [1.54, 1.807) is 13.1 Å². The van der Waals surface area contributed by atoms with Crippen molar-refractivity contribution in [2.75, 3.05) is 0 Å². The highest BCUT2D eigenvalue weighted by molar-refractivity contribution is 5.28. The van der Waals surface area contributed by atoms with Crippen LogP contribution in [0.25, 0.3) is 0 Å². The zero-order valence-corrected chi connectivity index (χ0v) is 10.00. The monoisotopic (exact) mass is 232 g/mol. The van der Waals surface area contributed by atoms with Crippen LogP contribution in [0.1, 0.15) is 24.4 Å². The number of aliphatic hydroxyl groups is 1. The van der Waals surface area contributed by atoms with Crippen molar-refractivity contribution in [3.05, 3.63) is 48.0 Å². The Bertz CT molecular complexity index is 474. The number of aromatic nitrogens is 2. The fourth-order valence-electron chi connectivity index (χ4n) is 1.53. The van der Waals surface area contributed by atoms with E-state index in [-0.39, 0.29) is 0 Å². The topological polar surface area (TPSA) is 47.3 Å². The van der Waals surface area contributed by atoms with Crippen LogP contribution in [0.15, 0.2) is 36.7 Å². The van der Waals surface area contributed by atoms with E-state index in [0.29, 0.717) is 6.61 Å². The normalized spacial score (nSPS) is 12.4. The molecule has 0 saturated heterocycles. The lowest BCUT2D eigenvalue weighted by molar-refractivity contribution is 0.199. The molecule has 0 aliphatic heterocycles. The van der Waals surface area contributed by atoms with Crippen molar-refractivity contribution in [3.63, 3.8) is 0 Å². The molecular formula is C13H16N2O2. The van der Waals surface area contributed by atoms with Crippen molar-refractivity contribution in [2.45, 2.75) is 19.6 Å². The van der Waals surface area contributed by atoms with E-state index < -0.39 is 6.10 Å². The molecule has 0 aliphatic rings. The zero-order valence-electron chi connectivity index (χ0n) is 10.00. The SMILES string of the molecule is C[C@H](O)c1ccc(OCc2nccn2C)cc1. The highest BCUT2D eigenvalue weighted by atomic mass is 16.5. The molecule has 0 bridgehead atoms. The number of hydrogen-bond donors (Lipinski definition) is 1. The summed E-state index contributed by atoms with van der Waals surface area (Å²) in [5.74, 6) is 1.65. The lowest BCUT2D eigenvalue weighted by Crippen LogP contribution is -2.03. The molecule has 4 heteroatoms. The zero-order chi connectivity index (χ0) is 12.3. The van der Waals surface area contributed by atoms with Crippen LogP contribution in [0.4, 0.5) is 0 Å². The van der Waals surface area contributed by atoms with E-state index in [9.17, 15) is 5.11 Å². The summed E-state index contributed by atoms with van der Waals surface area (Å²) in [7, 11) is 1.93. The first-order valence-electron chi connectivity index (χ1n) is 5.54. The largest absolute Gasteiger partial charge is 0.486 e. The van der Waals surface area contributed by atoms with Crippen molar-refractivity contribution in [2.24, 2.45) is 7.05 Å². The van der Waals surface area contributed by atoms with Gasteiger partial charge in [0.25, 0.3) is 0 Å². The summed E-state index contributed by atoms with van der Waals surface area (Å²) in [6.45, 7) is 2.18. The number of imidazole rings is 1. The predicted octanol–water partition coefficient (Wildman–Crippen LogP) is 2.05. The Kier molecular flexibility index (Phi) is 3.44. The third-order valence-electron chi connectivity index (χ3n) is 2.65. The first-order valence-corrected chi connectivity index (χ1v) is 5.54. The molecule has 0 radical (unpaired) electrons. The van der Waals surface area contributed by atoms with Crippen LogP contribution in [-0.4, -0.2) is 14.7 Å². The van der Waals surface area contributed by atoms with Gasteiger partial charge in [-0.2, -0.15) is 0 Å². The van der Waals surface area contributed by atoms with Crippen molar-refractivity contribution < 1.29 is 9.84 Å². The second kappa shape index (κ2) is 5.01. The molecule has 1 aromatic carbocycles. The molecule has 0 saturated carbocycles. The molecule has 1 heterocycles. The molecule has 4 nitrogen and oxygen atoms in total. The fourth-order valence-corrected chi connectivity index (χ4v) is 1.53. The lowest BCUT2D eigenvalue weighted by atomic mass is 10.1. The minimum atomic E-state index is -0.446. The van der Waals surface area contributed by atoms with Crippen LogP contribution in [0.3, 0.4) is 0 Å². The van der Waals surface area contributed by atoms with E-state index in [0.717, 1.165) is 17.1 Å². The van der Waals surface area contributed by atoms with E-state index in [1.165, 1.54) is 0 Å². The number of aliphatic hydroxyl groups excluding tert-OH is 1. The quantitative estimate of drug-likeness (QED) is 0.877. The molecule has 2 rings (SSSR count). The van der Waals surface area contributed by atoms with E-state index in [1.807, 2.05) is 42.1 Å². The molecular weight excluding hydrogens is 216 g/mol. The van der Waals surface area contributed by atoms with Crippen molar-refractivity contribution in [1.29, 1.82) is 0 Å². The van der Waals surface area contributed by atoms with Gasteiger partial charge in [0.05, 0.1) is 6.10 Å². The average molecular weight is 232 g/mol. The maximum absolute atomic E-state index is 9.38. The van der Waals surface area contributed by atoms with Gasteiger partial charge in [0.15, 0.2) is 0 Å². The molecule has 1 atom stereocenters. The summed E-state index contributed by atoms with van der Waals surface area (Å²) in [4.78, 5) is 4.17. The molecule has 0 fully saturated rings. The Morgan fingerprint density at radius 1 is 1.35 bits per heavy atom. The highest BCUT2D eigenvalue weighted by Crippen LogP contribution is 2.17. The molecule has 1 N–H and O–H groups in total. The Balaban J connectivity index is 1.98. The van der Waals surface area contributed by atoms with E-state index in [4.69, 9.17) is 4.74 Å². The predicted molar refractivity (Wildman–Crippen MR) is 64.6 cm³/mol. The van der Waals surface area contributed by atoms with E-state index in [2.05, 4.69) is 4.98 Å². The molecule has 0 aliphatic carbocycles. The minimum absolute atomic E-state index is 0.442. The van der Waals surface area contributed by atoms with Gasteiger partial charge in [-0.3, -0.25) is 0 Å². The van der Waals surface area contributed by atoms with Crippen LogP contribution in [0.5, 0.6) is 5.75 Å². The molecule has 2 aromatic rings. The number of benzene rings is 1. The summed E-state index contributed by atoms with van der Waals surface area (Å²) in [5.41, 5.74) is 0.884. The summed E-state index contributed by atoms with van der Waals surface area (Å²) in [5, 5.41) is 9.38. The maximum atomic E-state index is 9.38. The van der Waals surface area contributed by atoms with Gasteiger partial charge in [-0.1, -0.05) is 12.1 Å². The Morgan fingerprint density at radius 2 is 2.06 bits per heavy atom. The Labute approximate surface area is 100 Å². The molecule has 0 unspecified atom stereocenters. The fraction of sp³-hybridized carbons (Fsp3) is 0.308. The molecule has 0 amide bonds. The number of nitrogens with zero attached hydrogens (tertiary/aromatic N) is 2. The van der Waals surface area contributed by atoms with Crippen LogP contribution in [-0.2, 0) is 13.7 Å². The van der Waals surface area contributed by atoms with Crippen molar-refractivity contribution in [3.8, 4) is 5.75 Å². The van der Waals surface area contributed by atoms with Gasteiger partial charge in [0, 0.05) is 19.4 Å². The third kappa shape index (κ3) is 2.85. The number of aryl methyl sites for hydroxylation is 1.